The fourth-order valence-electron chi connectivity index (χ4n) is 1.66. The Morgan fingerprint density at radius 1 is 1.05 bits per heavy atom. The van der Waals surface area contributed by atoms with Crippen LogP contribution in [0.4, 0.5) is 17.8 Å². The molecule has 0 aliphatic rings. The number of aromatic nitrogens is 3. The van der Waals surface area contributed by atoms with Gasteiger partial charge in [0.25, 0.3) is 0 Å². The summed E-state index contributed by atoms with van der Waals surface area (Å²) in [6.07, 6.45) is 0. The van der Waals surface area contributed by atoms with Gasteiger partial charge in [-0.05, 0) is 26.7 Å². The van der Waals surface area contributed by atoms with E-state index < -0.39 is 0 Å². The number of hydrogen-bond donors (Lipinski definition) is 3. The minimum absolute atomic E-state index is 0.140. The molecule has 0 fully saturated rings. The normalized spacial score (nSPS) is 12.1. The van der Waals surface area contributed by atoms with Gasteiger partial charge in [-0.15, -0.1) is 0 Å². The lowest BCUT2D eigenvalue weighted by Crippen LogP contribution is -2.26. The molecule has 0 aromatic carbocycles. The van der Waals surface area contributed by atoms with Crippen LogP contribution in [-0.4, -0.2) is 52.8 Å². The van der Waals surface area contributed by atoms with Crippen molar-refractivity contribution in [3.05, 3.63) is 0 Å². The van der Waals surface area contributed by atoms with E-state index in [4.69, 9.17) is 5.11 Å². The SMILES string of the molecule is CCNc1nc(NCC(C)CO)nc(N(CC)CC)n1. The van der Waals surface area contributed by atoms with Crippen molar-refractivity contribution in [1.82, 2.24) is 15.0 Å². The molecule has 20 heavy (non-hydrogen) atoms. The van der Waals surface area contributed by atoms with Gasteiger partial charge in [0.2, 0.25) is 17.8 Å². The molecule has 3 N–H and O–H groups in total. The summed E-state index contributed by atoms with van der Waals surface area (Å²) < 4.78 is 0. The molecule has 7 nitrogen and oxygen atoms in total. The predicted molar refractivity (Wildman–Crippen MR) is 82.3 cm³/mol. The van der Waals surface area contributed by atoms with Crippen molar-refractivity contribution in [3.63, 3.8) is 0 Å². The molecule has 0 aliphatic carbocycles. The minimum atomic E-state index is 0.140. The summed E-state index contributed by atoms with van der Waals surface area (Å²) in [6.45, 7) is 11.3. The maximum absolute atomic E-state index is 9.06. The first kappa shape index (κ1) is 16.4. The molecule has 0 radical (unpaired) electrons. The minimum Gasteiger partial charge on any atom is -0.396 e. The van der Waals surface area contributed by atoms with E-state index in [1.54, 1.807) is 0 Å². The van der Waals surface area contributed by atoms with E-state index in [9.17, 15) is 0 Å². The molecule has 1 rings (SSSR count). The number of anilines is 3. The molecular formula is C13H26N6O. The number of aliphatic hydroxyl groups is 1. The van der Waals surface area contributed by atoms with Crippen LogP contribution in [0.25, 0.3) is 0 Å². The van der Waals surface area contributed by atoms with Crippen molar-refractivity contribution in [1.29, 1.82) is 0 Å². The van der Waals surface area contributed by atoms with Gasteiger partial charge in [-0.1, -0.05) is 6.92 Å². The average Bonchev–Trinajstić information content (AvgIpc) is 2.46. The molecule has 0 aliphatic heterocycles. The second-order valence-corrected chi connectivity index (χ2v) is 4.65. The van der Waals surface area contributed by atoms with Crippen LogP contribution in [0.5, 0.6) is 0 Å². The van der Waals surface area contributed by atoms with Crippen molar-refractivity contribution in [3.8, 4) is 0 Å². The standard InChI is InChI=1S/C13H26N6O/c1-5-14-11-16-12(15-8-10(4)9-20)18-13(17-11)19(6-2)7-3/h10,20H,5-9H2,1-4H3,(H2,14,15,16,17,18). The monoisotopic (exact) mass is 282 g/mol. The molecular weight excluding hydrogens is 256 g/mol. The first-order valence-electron chi connectivity index (χ1n) is 7.24. The molecule has 0 saturated heterocycles. The molecule has 0 bridgehead atoms. The number of nitrogens with zero attached hydrogens (tertiary/aromatic N) is 4. The van der Waals surface area contributed by atoms with Crippen LogP contribution < -0.4 is 15.5 Å². The molecule has 7 heteroatoms. The number of aliphatic hydroxyl groups excluding tert-OH is 1. The Labute approximate surface area is 120 Å². The second-order valence-electron chi connectivity index (χ2n) is 4.65. The van der Waals surface area contributed by atoms with E-state index in [0.717, 1.165) is 19.6 Å². The highest BCUT2D eigenvalue weighted by Gasteiger charge is 2.11. The van der Waals surface area contributed by atoms with Crippen molar-refractivity contribution < 1.29 is 5.11 Å². The Bertz CT molecular complexity index is 396. The highest BCUT2D eigenvalue weighted by Crippen LogP contribution is 2.13. The number of rotatable bonds is 9. The van der Waals surface area contributed by atoms with Gasteiger partial charge in [-0.2, -0.15) is 15.0 Å². The van der Waals surface area contributed by atoms with E-state index >= 15 is 0 Å². The fraction of sp³-hybridized carbons (Fsp3) is 0.769. The fourth-order valence-corrected chi connectivity index (χ4v) is 1.66. The summed E-state index contributed by atoms with van der Waals surface area (Å²) in [5.41, 5.74) is 0. The van der Waals surface area contributed by atoms with E-state index in [-0.39, 0.29) is 12.5 Å². The Morgan fingerprint density at radius 2 is 1.65 bits per heavy atom. The predicted octanol–water partition coefficient (Wildman–Crippen LogP) is 1.19. The van der Waals surface area contributed by atoms with Crippen LogP contribution in [0.1, 0.15) is 27.7 Å². The van der Waals surface area contributed by atoms with Crippen LogP contribution in [0.2, 0.25) is 0 Å². The lowest BCUT2D eigenvalue weighted by molar-refractivity contribution is 0.244. The maximum atomic E-state index is 9.06. The summed E-state index contributed by atoms with van der Waals surface area (Å²) >= 11 is 0. The summed E-state index contributed by atoms with van der Waals surface area (Å²) in [6, 6.07) is 0. The van der Waals surface area contributed by atoms with Gasteiger partial charge < -0.3 is 20.6 Å². The van der Waals surface area contributed by atoms with Gasteiger partial charge >= 0.3 is 0 Å². The lowest BCUT2D eigenvalue weighted by Gasteiger charge is -2.20. The molecule has 1 heterocycles. The number of nitrogens with one attached hydrogen (secondary N) is 2. The molecule has 0 saturated carbocycles. The molecule has 0 spiro atoms. The highest BCUT2D eigenvalue weighted by atomic mass is 16.3. The van der Waals surface area contributed by atoms with Crippen molar-refractivity contribution in [2.75, 3.05) is 48.3 Å². The summed E-state index contributed by atoms with van der Waals surface area (Å²) in [7, 11) is 0. The van der Waals surface area contributed by atoms with Gasteiger partial charge in [0.05, 0.1) is 0 Å². The summed E-state index contributed by atoms with van der Waals surface area (Å²) in [5, 5.41) is 15.3. The van der Waals surface area contributed by atoms with Crippen molar-refractivity contribution >= 4 is 17.8 Å². The molecule has 1 aromatic rings. The maximum Gasteiger partial charge on any atom is 0.231 e. The van der Waals surface area contributed by atoms with E-state index in [2.05, 4.69) is 44.3 Å². The summed E-state index contributed by atoms with van der Waals surface area (Å²) in [4.78, 5) is 15.3. The number of hydrogen-bond acceptors (Lipinski definition) is 7. The van der Waals surface area contributed by atoms with Crippen molar-refractivity contribution in [2.45, 2.75) is 27.7 Å². The van der Waals surface area contributed by atoms with Crippen molar-refractivity contribution in [2.24, 2.45) is 5.92 Å². The topological polar surface area (TPSA) is 86.2 Å². The Kier molecular flexibility index (Phi) is 7.00. The Hall–Kier alpha value is -1.63. The zero-order valence-electron chi connectivity index (χ0n) is 12.8. The van der Waals surface area contributed by atoms with Crippen LogP contribution in [-0.2, 0) is 0 Å². The zero-order chi connectivity index (χ0) is 15.0. The largest absolute Gasteiger partial charge is 0.396 e. The molecule has 0 amide bonds. The molecule has 1 aromatic heterocycles. The first-order chi connectivity index (χ1) is 9.64. The van der Waals surface area contributed by atoms with E-state index in [1.807, 2.05) is 13.8 Å². The van der Waals surface area contributed by atoms with E-state index in [0.29, 0.717) is 24.4 Å². The second kappa shape index (κ2) is 8.52. The van der Waals surface area contributed by atoms with Gasteiger partial charge in [0, 0.05) is 32.8 Å². The van der Waals surface area contributed by atoms with Gasteiger partial charge in [-0.25, -0.2) is 0 Å². The molecule has 114 valence electrons. The van der Waals surface area contributed by atoms with Gasteiger partial charge in [0.1, 0.15) is 0 Å². The smallest absolute Gasteiger partial charge is 0.231 e. The lowest BCUT2D eigenvalue weighted by atomic mass is 10.2. The quantitative estimate of drug-likeness (QED) is 0.627. The van der Waals surface area contributed by atoms with Gasteiger partial charge in [0.15, 0.2) is 0 Å². The Morgan fingerprint density at radius 3 is 2.15 bits per heavy atom. The van der Waals surface area contributed by atoms with Crippen LogP contribution in [0, 0.1) is 5.92 Å². The Balaban J connectivity index is 2.91. The third-order valence-electron chi connectivity index (χ3n) is 2.93. The molecule has 1 atom stereocenters. The third kappa shape index (κ3) is 4.80. The van der Waals surface area contributed by atoms with Crippen LogP contribution in [0.3, 0.4) is 0 Å². The average molecular weight is 282 g/mol. The summed E-state index contributed by atoms with van der Waals surface area (Å²) in [5.74, 6) is 1.94. The van der Waals surface area contributed by atoms with E-state index in [1.165, 1.54) is 0 Å². The zero-order valence-corrected chi connectivity index (χ0v) is 12.8. The van der Waals surface area contributed by atoms with Crippen LogP contribution >= 0.6 is 0 Å². The van der Waals surface area contributed by atoms with Gasteiger partial charge in [-0.3, -0.25) is 0 Å². The molecule has 1 unspecified atom stereocenters. The first-order valence-corrected chi connectivity index (χ1v) is 7.24. The highest BCUT2D eigenvalue weighted by molar-refractivity contribution is 5.43. The third-order valence-corrected chi connectivity index (χ3v) is 2.93. The van der Waals surface area contributed by atoms with Crippen LogP contribution in [0.15, 0.2) is 0 Å².